The number of hydrogen-bond donors (Lipinski definition) is 1. The number of amides is 1. The first-order chi connectivity index (χ1) is 18.8. The van der Waals surface area contributed by atoms with Gasteiger partial charge in [0.1, 0.15) is 23.2 Å². The van der Waals surface area contributed by atoms with E-state index >= 15 is 0 Å². The van der Waals surface area contributed by atoms with Crippen LogP contribution in [0, 0.1) is 17.2 Å². The molecule has 1 heterocycles. The van der Waals surface area contributed by atoms with E-state index in [0.29, 0.717) is 18.1 Å². The maximum absolute atomic E-state index is 13.5. The fourth-order valence-corrected chi connectivity index (χ4v) is 6.15. The Kier molecular flexibility index (Phi) is 7.94. The Bertz CT molecular complexity index is 1450. The predicted octanol–water partition coefficient (Wildman–Crippen LogP) is 8.62. The number of fused-ring (bicyclic) bond motifs is 1. The maximum atomic E-state index is 13.5. The van der Waals surface area contributed by atoms with E-state index in [1.165, 1.54) is 17.0 Å². The van der Waals surface area contributed by atoms with E-state index in [0.717, 1.165) is 52.4 Å². The summed E-state index contributed by atoms with van der Waals surface area (Å²) in [6.45, 7) is 7.26. The maximum Gasteiger partial charge on any atom is 0.259 e. The number of ether oxygens (including phenoxy) is 1. The van der Waals surface area contributed by atoms with Gasteiger partial charge in [0.2, 0.25) is 0 Å². The van der Waals surface area contributed by atoms with Crippen LogP contribution in [-0.4, -0.2) is 12.1 Å². The zero-order valence-corrected chi connectivity index (χ0v) is 23.4. The third-order valence-corrected chi connectivity index (χ3v) is 8.42. The molecule has 1 aliphatic carbocycles. The number of anilines is 1. The SMILES string of the molecule is CC(C)(C)[C@H]1CCc2c(sc(N=Cc3ccc(OCc4ccc(F)cc4)cc3)c2C(=O)Nc2ccccc2)C1. The normalized spacial score (nSPS) is 15.2. The lowest BCUT2D eigenvalue weighted by molar-refractivity contribution is 0.102. The number of benzene rings is 3. The molecular weight excluding hydrogens is 507 g/mol. The van der Waals surface area contributed by atoms with E-state index in [2.05, 4.69) is 26.1 Å². The van der Waals surface area contributed by atoms with Crippen LogP contribution in [0.3, 0.4) is 0 Å². The van der Waals surface area contributed by atoms with Gasteiger partial charge in [0, 0.05) is 16.8 Å². The average molecular weight is 541 g/mol. The van der Waals surface area contributed by atoms with Crippen LogP contribution in [0.1, 0.15) is 59.1 Å². The fraction of sp³-hybridized carbons (Fsp3) is 0.273. The molecule has 4 aromatic rings. The summed E-state index contributed by atoms with van der Waals surface area (Å²) in [5.41, 5.74) is 4.65. The lowest BCUT2D eigenvalue weighted by Crippen LogP contribution is -2.27. The smallest absolute Gasteiger partial charge is 0.259 e. The molecule has 0 aliphatic heterocycles. The Hall–Kier alpha value is -3.77. The molecule has 0 bridgehead atoms. The van der Waals surface area contributed by atoms with Crippen LogP contribution in [0.5, 0.6) is 5.75 Å². The van der Waals surface area contributed by atoms with Gasteiger partial charge in [-0.05, 0) is 95.8 Å². The van der Waals surface area contributed by atoms with Crippen molar-refractivity contribution in [2.24, 2.45) is 16.3 Å². The Morgan fingerprint density at radius 3 is 2.46 bits per heavy atom. The summed E-state index contributed by atoms with van der Waals surface area (Å²) in [7, 11) is 0. The van der Waals surface area contributed by atoms with E-state index in [1.807, 2.05) is 60.8 Å². The highest BCUT2D eigenvalue weighted by atomic mass is 32.1. The number of aliphatic imine (C=N–C) groups is 1. The molecule has 3 aromatic carbocycles. The van der Waals surface area contributed by atoms with E-state index in [9.17, 15) is 9.18 Å². The highest BCUT2D eigenvalue weighted by molar-refractivity contribution is 7.16. The van der Waals surface area contributed by atoms with Crippen LogP contribution in [0.2, 0.25) is 0 Å². The second-order valence-corrected chi connectivity index (χ2v) is 12.1. The molecule has 0 radical (unpaired) electrons. The molecule has 5 rings (SSSR count). The molecule has 4 nitrogen and oxygen atoms in total. The number of carbonyl (C=O) groups is 1. The van der Waals surface area contributed by atoms with Crippen molar-refractivity contribution in [1.82, 2.24) is 0 Å². The van der Waals surface area contributed by atoms with Crippen LogP contribution >= 0.6 is 11.3 Å². The summed E-state index contributed by atoms with van der Waals surface area (Å²) in [6, 6.07) is 23.5. The molecule has 1 aromatic heterocycles. The summed E-state index contributed by atoms with van der Waals surface area (Å²) in [5, 5.41) is 3.82. The number of para-hydroxylation sites is 1. The molecule has 0 fully saturated rings. The third-order valence-electron chi connectivity index (χ3n) is 7.26. The number of carbonyl (C=O) groups excluding carboxylic acids is 1. The minimum Gasteiger partial charge on any atom is -0.489 e. The van der Waals surface area contributed by atoms with Crippen LogP contribution in [0.25, 0.3) is 0 Å². The van der Waals surface area contributed by atoms with Crippen LogP contribution < -0.4 is 10.1 Å². The van der Waals surface area contributed by atoms with Gasteiger partial charge in [0.05, 0.1) is 5.56 Å². The van der Waals surface area contributed by atoms with Crippen molar-refractivity contribution in [3.63, 3.8) is 0 Å². The van der Waals surface area contributed by atoms with Crippen molar-refractivity contribution in [3.8, 4) is 5.75 Å². The zero-order valence-electron chi connectivity index (χ0n) is 22.5. The second-order valence-electron chi connectivity index (χ2n) is 11.1. The number of nitrogens with one attached hydrogen (secondary N) is 1. The van der Waals surface area contributed by atoms with E-state index in [-0.39, 0.29) is 17.1 Å². The quantitative estimate of drug-likeness (QED) is 0.239. The fourth-order valence-electron chi connectivity index (χ4n) is 4.88. The van der Waals surface area contributed by atoms with Crippen molar-refractivity contribution in [3.05, 3.63) is 112 Å². The van der Waals surface area contributed by atoms with Gasteiger partial charge in [-0.25, -0.2) is 9.38 Å². The third kappa shape index (κ3) is 6.63. The molecule has 0 saturated heterocycles. The molecule has 1 amide bonds. The van der Waals surface area contributed by atoms with Gasteiger partial charge in [-0.1, -0.05) is 51.1 Å². The summed E-state index contributed by atoms with van der Waals surface area (Å²) in [5.74, 6) is 0.931. The Labute approximate surface area is 233 Å². The Morgan fingerprint density at radius 2 is 1.77 bits per heavy atom. The minimum atomic E-state index is -0.260. The van der Waals surface area contributed by atoms with Gasteiger partial charge in [-0.3, -0.25) is 4.79 Å². The van der Waals surface area contributed by atoms with E-state index < -0.39 is 0 Å². The summed E-state index contributed by atoms with van der Waals surface area (Å²) in [4.78, 5) is 19.6. The first-order valence-corrected chi connectivity index (χ1v) is 14.1. The van der Waals surface area contributed by atoms with Crippen molar-refractivity contribution >= 4 is 34.1 Å². The van der Waals surface area contributed by atoms with Crippen molar-refractivity contribution < 1.29 is 13.9 Å². The summed E-state index contributed by atoms with van der Waals surface area (Å²) in [6.07, 6.45) is 4.74. The Morgan fingerprint density at radius 1 is 1.05 bits per heavy atom. The van der Waals surface area contributed by atoms with Crippen LogP contribution in [-0.2, 0) is 19.4 Å². The van der Waals surface area contributed by atoms with Crippen molar-refractivity contribution in [1.29, 1.82) is 0 Å². The van der Waals surface area contributed by atoms with Gasteiger partial charge in [0.15, 0.2) is 0 Å². The van der Waals surface area contributed by atoms with Gasteiger partial charge >= 0.3 is 0 Å². The van der Waals surface area contributed by atoms with Gasteiger partial charge in [0.25, 0.3) is 5.91 Å². The lowest BCUT2D eigenvalue weighted by atomic mass is 9.72. The topological polar surface area (TPSA) is 50.7 Å². The van der Waals surface area contributed by atoms with E-state index in [4.69, 9.17) is 9.73 Å². The second kappa shape index (κ2) is 11.5. The van der Waals surface area contributed by atoms with Gasteiger partial charge in [-0.2, -0.15) is 0 Å². The molecule has 0 spiro atoms. The van der Waals surface area contributed by atoms with Crippen molar-refractivity contribution in [2.75, 3.05) is 5.32 Å². The molecule has 1 N–H and O–H groups in total. The largest absolute Gasteiger partial charge is 0.489 e. The minimum absolute atomic E-state index is 0.107. The zero-order chi connectivity index (χ0) is 27.4. The number of halogens is 1. The Balaban J connectivity index is 1.35. The van der Waals surface area contributed by atoms with Gasteiger partial charge < -0.3 is 10.1 Å². The number of rotatable bonds is 7. The molecular formula is C33H33FN2O2S. The van der Waals surface area contributed by atoms with Gasteiger partial charge in [-0.15, -0.1) is 11.3 Å². The summed E-state index contributed by atoms with van der Waals surface area (Å²) >= 11 is 1.64. The monoisotopic (exact) mass is 540 g/mol. The standard InChI is InChI=1S/C33H33FN2O2S/c1-33(2,3)24-13-18-28-29(19-24)39-32(30(28)31(37)36-26-7-5-4-6-8-26)35-20-22-11-16-27(17-12-22)38-21-23-9-14-25(34)15-10-23/h4-12,14-17,20,24H,13,18-19,21H2,1-3H3,(H,36,37)/t24-/m0/s1. The number of nitrogens with zero attached hydrogens (tertiary/aromatic N) is 1. The number of thiophene rings is 1. The molecule has 1 atom stereocenters. The van der Waals surface area contributed by atoms with E-state index in [1.54, 1.807) is 23.5 Å². The first-order valence-electron chi connectivity index (χ1n) is 13.3. The van der Waals surface area contributed by atoms with Crippen molar-refractivity contribution in [2.45, 2.75) is 46.6 Å². The first kappa shape index (κ1) is 26.8. The highest BCUT2D eigenvalue weighted by Gasteiger charge is 2.33. The molecule has 6 heteroatoms. The molecule has 1 aliphatic rings. The molecule has 0 saturated carbocycles. The molecule has 39 heavy (non-hydrogen) atoms. The molecule has 200 valence electrons. The average Bonchev–Trinajstić information content (AvgIpc) is 3.30. The predicted molar refractivity (Wildman–Crippen MR) is 158 cm³/mol. The number of hydrogen-bond acceptors (Lipinski definition) is 4. The lowest BCUT2D eigenvalue weighted by Gasteiger charge is -2.33. The van der Waals surface area contributed by atoms with Crippen LogP contribution in [0.4, 0.5) is 15.1 Å². The summed E-state index contributed by atoms with van der Waals surface area (Å²) < 4.78 is 18.9. The molecule has 0 unspecified atom stereocenters. The highest BCUT2D eigenvalue weighted by Crippen LogP contribution is 2.45. The van der Waals surface area contributed by atoms with Crippen LogP contribution in [0.15, 0.2) is 83.9 Å².